The summed E-state index contributed by atoms with van der Waals surface area (Å²) >= 11 is 3.62. The van der Waals surface area contributed by atoms with Gasteiger partial charge < -0.3 is 15.4 Å². The number of halogens is 1. The van der Waals surface area contributed by atoms with E-state index < -0.39 is 5.97 Å². The number of nitrogen functional groups attached to an aromatic ring is 1. The van der Waals surface area contributed by atoms with Crippen molar-refractivity contribution in [3.63, 3.8) is 0 Å². The Morgan fingerprint density at radius 2 is 2.11 bits per heavy atom. The molecule has 1 aliphatic carbocycles. The average Bonchev–Trinajstić information content (AvgIpc) is 3.24. The molecule has 3 aromatic heterocycles. The van der Waals surface area contributed by atoms with Crippen LogP contribution >= 0.6 is 15.9 Å². The third-order valence-electron chi connectivity index (χ3n) is 5.49. The van der Waals surface area contributed by atoms with Crippen LogP contribution in [0.25, 0.3) is 16.8 Å². The number of nitrogens with zero attached hydrogens (tertiary/aromatic N) is 4. The molecule has 8 heteroatoms. The highest BCUT2D eigenvalue weighted by Crippen LogP contribution is 2.41. The van der Waals surface area contributed by atoms with Crippen LogP contribution in [0.4, 0.5) is 5.82 Å². The molecule has 0 saturated heterocycles. The Morgan fingerprint density at radius 1 is 1.37 bits per heavy atom. The number of aromatic nitrogens is 4. The number of carbonyl (C=O) groups is 1. The van der Waals surface area contributed by atoms with E-state index in [1.807, 2.05) is 30.1 Å². The van der Waals surface area contributed by atoms with Crippen molar-refractivity contribution in [2.24, 2.45) is 13.0 Å². The third-order valence-corrected chi connectivity index (χ3v) is 6.30. The fraction of sp³-hybridized carbons (Fsp3) is 0.421. The van der Waals surface area contributed by atoms with Gasteiger partial charge in [0.1, 0.15) is 5.82 Å². The second-order valence-corrected chi connectivity index (χ2v) is 8.16. The zero-order valence-corrected chi connectivity index (χ0v) is 16.7. The standard InChI is InChI=1S/C19H22BrN5O2/c1-24-7-6-13(10-24)14-9-22-25-18(21)16(20)17(23-19(14)25)12-4-2-11(3-5-12)8-15(26)27/h6-7,9-12H,2-5,8,21H2,1H3,(H,26,27)/t11-,12+. The average molecular weight is 432 g/mol. The Morgan fingerprint density at radius 3 is 2.74 bits per heavy atom. The summed E-state index contributed by atoms with van der Waals surface area (Å²) in [5.74, 6) is 0.365. The van der Waals surface area contributed by atoms with E-state index in [9.17, 15) is 4.79 Å². The largest absolute Gasteiger partial charge is 0.481 e. The number of rotatable bonds is 4. The molecule has 1 aliphatic rings. The SMILES string of the molecule is Cn1ccc(-c2cnn3c(N)c(Br)c([C@H]4CC[C@@H](CC(=O)O)CC4)nc23)c1. The van der Waals surface area contributed by atoms with E-state index in [1.54, 1.807) is 10.7 Å². The molecule has 4 rings (SSSR count). The van der Waals surface area contributed by atoms with Gasteiger partial charge in [-0.1, -0.05) is 0 Å². The Bertz CT molecular complexity index is 1000. The van der Waals surface area contributed by atoms with Gasteiger partial charge in [-0.05, 0) is 53.6 Å². The molecule has 0 aromatic carbocycles. The van der Waals surface area contributed by atoms with Crippen LogP contribution in [-0.4, -0.2) is 30.2 Å². The van der Waals surface area contributed by atoms with Crippen LogP contribution in [0.2, 0.25) is 0 Å². The number of aryl methyl sites for hydroxylation is 1. The predicted molar refractivity (Wildman–Crippen MR) is 106 cm³/mol. The molecule has 0 bridgehead atoms. The van der Waals surface area contributed by atoms with E-state index in [4.69, 9.17) is 15.8 Å². The molecule has 3 N–H and O–H groups in total. The minimum absolute atomic E-state index is 0.253. The number of anilines is 1. The summed E-state index contributed by atoms with van der Waals surface area (Å²) in [5, 5.41) is 13.4. The lowest BCUT2D eigenvalue weighted by Gasteiger charge is -2.28. The molecule has 3 aromatic rings. The lowest BCUT2D eigenvalue weighted by molar-refractivity contribution is -0.138. The van der Waals surface area contributed by atoms with E-state index in [0.717, 1.165) is 52.6 Å². The van der Waals surface area contributed by atoms with Gasteiger partial charge in [0.15, 0.2) is 5.65 Å². The maximum Gasteiger partial charge on any atom is 0.303 e. The van der Waals surface area contributed by atoms with Crippen molar-refractivity contribution in [3.05, 3.63) is 34.8 Å². The van der Waals surface area contributed by atoms with Crippen molar-refractivity contribution in [1.29, 1.82) is 0 Å². The van der Waals surface area contributed by atoms with E-state index >= 15 is 0 Å². The number of nitrogens with two attached hydrogens (primary N) is 1. The van der Waals surface area contributed by atoms with Crippen molar-refractivity contribution in [2.45, 2.75) is 38.0 Å². The van der Waals surface area contributed by atoms with Crippen molar-refractivity contribution in [2.75, 3.05) is 5.73 Å². The van der Waals surface area contributed by atoms with E-state index in [-0.39, 0.29) is 18.3 Å². The second kappa shape index (κ2) is 6.99. The summed E-state index contributed by atoms with van der Waals surface area (Å²) in [6.45, 7) is 0. The van der Waals surface area contributed by atoms with Gasteiger partial charge in [0.25, 0.3) is 0 Å². The Labute approximate surface area is 165 Å². The molecule has 0 unspecified atom stereocenters. The number of hydrogen-bond donors (Lipinski definition) is 2. The molecule has 27 heavy (non-hydrogen) atoms. The van der Waals surface area contributed by atoms with Crippen LogP contribution in [-0.2, 0) is 11.8 Å². The Kier molecular flexibility index (Phi) is 4.67. The first-order chi connectivity index (χ1) is 12.9. The van der Waals surface area contributed by atoms with Crippen LogP contribution < -0.4 is 5.73 Å². The van der Waals surface area contributed by atoms with Gasteiger partial charge in [-0.25, -0.2) is 4.98 Å². The van der Waals surface area contributed by atoms with Crippen molar-refractivity contribution in [1.82, 2.24) is 19.2 Å². The molecular weight excluding hydrogens is 410 g/mol. The number of carboxylic acids is 1. The fourth-order valence-electron chi connectivity index (χ4n) is 4.04. The quantitative estimate of drug-likeness (QED) is 0.653. The zero-order valence-electron chi connectivity index (χ0n) is 15.1. The monoisotopic (exact) mass is 431 g/mol. The molecule has 7 nitrogen and oxygen atoms in total. The number of carboxylic acid groups (broad SMARTS) is 1. The molecule has 3 heterocycles. The summed E-state index contributed by atoms with van der Waals surface area (Å²) in [5.41, 5.74) is 10.1. The molecule has 0 atom stereocenters. The summed E-state index contributed by atoms with van der Waals surface area (Å²) in [4.78, 5) is 15.9. The molecule has 0 aliphatic heterocycles. The minimum Gasteiger partial charge on any atom is -0.481 e. The van der Waals surface area contributed by atoms with Crippen molar-refractivity contribution in [3.8, 4) is 11.1 Å². The smallest absolute Gasteiger partial charge is 0.303 e. The molecular formula is C19H22BrN5O2. The Hall–Kier alpha value is -2.35. The fourth-order valence-corrected chi connectivity index (χ4v) is 4.62. The molecule has 1 saturated carbocycles. The van der Waals surface area contributed by atoms with E-state index in [1.165, 1.54) is 0 Å². The van der Waals surface area contributed by atoms with Crippen LogP contribution in [0, 0.1) is 5.92 Å². The highest BCUT2D eigenvalue weighted by atomic mass is 79.9. The van der Waals surface area contributed by atoms with Crippen LogP contribution in [0.15, 0.2) is 29.1 Å². The minimum atomic E-state index is -0.713. The van der Waals surface area contributed by atoms with Gasteiger partial charge in [0.05, 0.1) is 16.4 Å². The van der Waals surface area contributed by atoms with Gasteiger partial charge in [0.2, 0.25) is 0 Å². The first-order valence-corrected chi connectivity index (χ1v) is 9.90. The summed E-state index contributed by atoms with van der Waals surface area (Å²) in [7, 11) is 1.98. The summed E-state index contributed by atoms with van der Waals surface area (Å²) in [6.07, 6.45) is 9.74. The van der Waals surface area contributed by atoms with Gasteiger partial charge in [-0.2, -0.15) is 9.61 Å². The highest BCUT2D eigenvalue weighted by Gasteiger charge is 2.28. The van der Waals surface area contributed by atoms with Gasteiger partial charge >= 0.3 is 5.97 Å². The van der Waals surface area contributed by atoms with Crippen molar-refractivity contribution >= 4 is 33.4 Å². The number of hydrogen-bond acceptors (Lipinski definition) is 4. The predicted octanol–water partition coefficient (Wildman–Crippen LogP) is 3.83. The summed E-state index contributed by atoms with van der Waals surface area (Å²) < 4.78 is 4.46. The number of fused-ring (bicyclic) bond motifs is 1. The molecule has 0 spiro atoms. The van der Waals surface area contributed by atoms with E-state index in [0.29, 0.717) is 5.82 Å². The highest BCUT2D eigenvalue weighted by molar-refractivity contribution is 9.10. The normalized spacial score (nSPS) is 20.2. The molecule has 142 valence electrons. The maximum atomic E-state index is 11.0. The van der Waals surface area contributed by atoms with Crippen molar-refractivity contribution < 1.29 is 9.90 Å². The van der Waals surface area contributed by atoms with Crippen LogP contribution in [0.1, 0.15) is 43.7 Å². The number of aliphatic carboxylic acids is 1. The first-order valence-electron chi connectivity index (χ1n) is 9.10. The first kappa shape index (κ1) is 18.0. The Balaban J connectivity index is 1.69. The lowest BCUT2D eigenvalue weighted by Crippen LogP contribution is -2.18. The maximum absolute atomic E-state index is 11.0. The lowest BCUT2D eigenvalue weighted by atomic mass is 9.79. The zero-order chi connectivity index (χ0) is 19.1. The van der Waals surface area contributed by atoms with Gasteiger partial charge in [0, 0.05) is 42.9 Å². The van der Waals surface area contributed by atoms with Crippen LogP contribution in [0.3, 0.4) is 0 Å². The second-order valence-electron chi connectivity index (χ2n) is 7.37. The summed E-state index contributed by atoms with van der Waals surface area (Å²) in [6, 6.07) is 2.04. The molecule has 0 amide bonds. The van der Waals surface area contributed by atoms with Crippen LogP contribution in [0.5, 0.6) is 0 Å². The molecule has 1 fully saturated rings. The topological polar surface area (TPSA) is 98.4 Å². The third kappa shape index (κ3) is 3.34. The van der Waals surface area contributed by atoms with Gasteiger partial charge in [-0.3, -0.25) is 4.79 Å². The molecule has 0 radical (unpaired) electrons. The van der Waals surface area contributed by atoms with Gasteiger partial charge in [-0.15, -0.1) is 0 Å². The van der Waals surface area contributed by atoms with E-state index in [2.05, 4.69) is 21.0 Å².